The van der Waals surface area contributed by atoms with Crippen molar-refractivity contribution in [3.63, 3.8) is 0 Å². The van der Waals surface area contributed by atoms with Crippen LogP contribution < -0.4 is 0 Å². The summed E-state index contributed by atoms with van der Waals surface area (Å²) in [5.74, 6) is 0.993. The number of amides is 1. The van der Waals surface area contributed by atoms with Crippen molar-refractivity contribution in [1.29, 1.82) is 0 Å². The molecule has 2 rings (SSSR count). The number of hydrogen-bond donors (Lipinski definition) is 0. The summed E-state index contributed by atoms with van der Waals surface area (Å²) >= 11 is 3.54. The molecule has 0 atom stereocenters. The Labute approximate surface area is 130 Å². The molecule has 0 bridgehead atoms. The van der Waals surface area contributed by atoms with E-state index in [2.05, 4.69) is 22.0 Å². The Morgan fingerprint density at radius 1 is 1.25 bits per heavy atom. The van der Waals surface area contributed by atoms with Crippen LogP contribution in [0.15, 0.2) is 28.7 Å². The van der Waals surface area contributed by atoms with Gasteiger partial charge in [0.25, 0.3) is 0 Å². The van der Waals surface area contributed by atoms with Crippen LogP contribution in [-0.2, 0) is 11.2 Å². The highest BCUT2D eigenvalue weighted by molar-refractivity contribution is 9.10. The lowest BCUT2D eigenvalue weighted by atomic mass is 9.89. The molecule has 0 saturated heterocycles. The van der Waals surface area contributed by atoms with Gasteiger partial charge >= 0.3 is 0 Å². The number of hydrogen-bond acceptors (Lipinski definition) is 1. The largest absolute Gasteiger partial charge is 0.345 e. The molecular weight excluding hydrogens is 314 g/mol. The van der Waals surface area contributed by atoms with Gasteiger partial charge in [0.2, 0.25) is 5.91 Å². The molecule has 0 spiro atoms. The van der Waals surface area contributed by atoms with Crippen molar-refractivity contribution in [3.05, 3.63) is 34.3 Å². The molecule has 3 heteroatoms. The molecule has 1 aromatic carbocycles. The topological polar surface area (TPSA) is 20.3 Å². The van der Waals surface area contributed by atoms with Crippen LogP contribution in [0.5, 0.6) is 0 Å². The van der Waals surface area contributed by atoms with Crippen LogP contribution >= 0.6 is 15.9 Å². The van der Waals surface area contributed by atoms with E-state index in [1.807, 2.05) is 30.1 Å². The van der Waals surface area contributed by atoms with E-state index >= 15 is 0 Å². The summed E-state index contributed by atoms with van der Waals surface area (Å²) in [5, 5.41) is 0. The number of halogens is 1. The lowest BCUT2D eigenvalue weighted by Gasteiger charge is -2.27. The van der Waals surface area contributed by atoms with Crippen LogP contribution in [0.25, 0.3) is 0 Å². The Balaban J connectivity index is 1.77. The highest BCUT2D eigenvalue weighted by Gasteiger charge is 2.18. The second kappa shape index (κ2) is 7.82. The predicted molar refractivity (Wildman–Crippen MR) is 86.7 cm³/mol. The van der Waals surface area contributed by atoms with Crippen LogP contribution in [0.1, 0.15) is 44.1 Å². The average Bonchev–Trinajstić information content (AvgIpc) is 2.47. The lowest BCUT2D eigenvalue weighted by molar-refractivity contribution is -0.130. The molecule has 0 heterocycles. The van der Waals surface area contributed by atoms with Crippen molar-refractivity contribution < 1.29 is 4.79 Å². The van der Waals surface area contributed by atoms with E-state index in [-0.39, 0.29) is 5.91 Å². The maximum absolute atomic E-state index is 12.2. The molecule has 1 aliphatic rings. The molecule has 0 aliphatic heterocycles. The first-order valence-electron chi connectivity index (χ1n) is 7.64. The molecule has 2 nitrogen and oxygen atoms in total. The predicted octanol–water partition coefficient (Wildman–Crippen LogP) is 4.42. The van der Waals surface area contributed by atoms with E-state index in [0.29, 0.717) is 6.42 Å². The Hall–Kier alpha value is -0.830. The van der Waals surface area contributed by atoms with Crippen molar-refractivity contribution in [3.8, 4) is 0 Å². The first kappa shape index (κ1) is 15.6. The lowest BCUT2D eigenvalue weighted by Crippen LogP contribution is -2.32. The summed E-state index contributed by atoms with van der Waals surface area (Å²) in [4.78, 5) is 14.1. The third-order valence-electron chi connectivity index (χ3n) is 4.25. The van der Waals surface area contributed by atoms with E-state index in [1.165, 1.54) is 37.7 Å². The van der Waals surface area contributed by atoms with Gasteiger partial charge in [-0.15, -0.1) is 0 Å². The van der Waals surface area contributed by atoms with Crippen molar-refractivity contribution in [2.24, 2.45) is 5.92 Å². The van der Waals surface area contributed by atoms with Gasteiger partial charge in [-0.1, -0.05) is 53.4 Å². The number of aryl methyl sites for hydroxylation is 1. The third-order valence-corrected chi connectivity index (χ3v) is 5.02. The molecule has 1 aromatic rings. The van der Waals surface area contributed by atoms with E-state index in [0.717, 1.165) is 23.4 Å². The fourth-order valence-corrected chi connectivity index (χ4v) is 3.48. The molecule has 0 aromatic heterocycles. The van der Waals surface area contributed by atoms with Gasteiger partial charge in [-0.3, -0.25) is 4.79 Å². The van der Waals surface area contributed by atoms with Gasteiger partial charge in [0.1, 0.15) is 0 Å². The Morgan fingerprint density at radius 3 is 2.65 bits per heavy atom. The number of carbonyl (C=O) groups is 1. The van der Waals surface area contributed by atoms with Gasteiger partial charge < -0.3 is 4.90 Å². The van der Waals surface area contributed by atoms with Crippen molar-refractivity contribution >= 4 is 21.8 Å². The van der Waals surface area contributed by atoms with Gasteiger partial charge in [-0.2, -0.15) is 0 Å². The summed E-state index contributed by atoms with van der Waals surface area (Å²) in [6.45, 7) is 0.939. The molecule has 1 aliphatic carbocycles. The van der Waals surface area contributed by atoms with Crippen molar-refractivity contribution in [2.75, 3.05) is 13.6 Å². The van der Waals surface area contributed by atoms with Crippen molar-refractivity contribution in [1.82, 2.24) is 4.90 Å². The highest BCUT2D eigenvalue weighted by atomic mass is 79.9. The normalized spacial score (nSPS) is 16.1. The SMILES string of the molecule is CN(CC1CCCCC1)C(=O)CCc1ccccc1Br. The van der Waals surface area contributed by atoms with Crippen LogP contribution in [0.4, 0.5) is 0 Å². The zero-order valence-electron chi connectivity index (χ0n) is 12.3. The van der Waals surface area contributed by atoms with Gasteiger partial charge in [0, 0.05) is 24.5 Å². The summed E-state index contributed by atoms with van der Waals surface area (Å²) in [6.07, 6.45) is 8.05. The zero-order valence-corrected chi connectivity index (χ0v) is 13.9. The van der Waals surface area contributed by atoms with Crippen LogP contribution in [0, 0.1) is 5.92 Å². The van der Waals surface area contributed by atoms with Crippen LogP contribution in [0.2, 0.25) is 0 Å². The van der Waals surface area contributed by atoms with E-state index < -0.39 is 0 Å². The molecule has 0 radical (unpaired) electrons. The number of rotatable bonds is 5. The standard InChI is InChI=1S/C17H24BrNO/c1-19(13-14-7-3-2-4-8-14)17(20)12-11-15-9-5-6-10-16(15)18/h5-6,9-10,14H,2-4,7-8,11-13H2,1H3. The van der Waals surface area contributed by atoms with Gasteiger partial charge in [0.15, 0.2) is 0 Å². The van der Waals surface area contributed by atoms with E-state index in [4.69, 9.17) is 0 Å². The second-order valence-electron chi connectivity index (χ2n) is 5.87. The first-order chi connectivity index (χ1) is 9.66. The molecule has 1 saturated carbocycles. The number of nitrogens with zero attached hydrogens (tertiary/aromatic N) is 1. The third kappa shape index (κ3) is 4.62. The fourth-order valence-electron chi connectivity index (χ4n) is 2.99. The molecule has 0 unspecified atom stereocenters. The zero-order chi connectivity index (χ0) is 14.4. The molecule has 1 amide bonds. The summed E-state index contributed by atoms with van der Waals surface area (Å²) in [5.41, 5.74) is 1.21. The minimum absolute atomic E-state index is 0.270. The molecule has 20 heavy (non-hydrogen) atoms. The maximum Gasteiger partial charge on any atom is 0.222 e. The highest BCUT2D eigenvalue weighted by Crippen LogP contribution is 2.24. The molecule has 0 N–H and O–H groups in total. The maximum atomic E-state index is 12.2. The summed E-state index contributed by atoms with van der Waals surface area (Å²) in [7, 11) is 1.96. The Kier molecular flexibility index (Phi) is 6.08. The monoisotopic (exact) mass is 337 g/mol. The number of carbonyl (C=O) groups excluding carboxylic acids is 1. The molecular formula is C17H24BrNO. The van der Waals surface area contributed by atoms with E-state index in [1.54, 1.807) is 0 Å². The van der Waals surface area contributed by atoms with Crippen molar-refractivity contribution in [2.45, 2.75) is 44.9 Å². The first-order valence-corrected chi connectivity index (χ1v) is 8.43. The van der Waals surface area contributed by atoms with Gasteiger partial charge in [0.05, 0.1) is 0 Å². The van der Waals surface area contributed by atoms with E-state index in [9.17, 15) is 4.79 Å². The fraction of sp³-hybridized carbons (Fsp3) is 0.588. The Morgan fingerprint density at radius 2 is 1.95 bits per heavy atom. The smallest absolute Gasteiger partial charge is 0.222 e. The van der Waals surface area contributed by atoms with Gasteiger partial charge in [-0.25, -0.2) is 0 Å². The Bertz CT molecular complexity index is 440. The summed E-state index contributed by atoms with van der Waals surface area (Å²) < 4.78 is 1.10. The molecule has 110 valence electrons. The minimum Gasteiger partial charge on any atom is -0.345 e. The summed E-state index contributed by atoms with van der Waals surface area (Å²) in [6, 6.07) is 8.14. The average molecular weight is 338 g/mol. The van der Waals surface area contributed by atoms with Crippen LogP contribution in [0.3, 0.4) is 0 Å². The second-order valence-corrected chi connectivity index (χ2v) is 6.72. The molecule has 1 fully saturated rings. The van der Waals surface area contributed by atoms with Crippen LogP contribution in [-0.4, -0.2) is 24.4 Å². The minimum atomic E-state index is 0.270. The number of benzene rings is 1. The quantitative estimate of drug-likeness (QED) is 0.778. The van der Waals surface area contributed by atoms with Gasteiger partial charge in [-0.05, 0) is 36.8 Å².